The Hall–Kier alpha value is -3.15. The van der Waals surface area contributed by atoms with Crippen LogP contribution in [-0.4, -0.2) is 25.7 Å². The van der Waals surface area contributed by atoms with Gasteiger partial charge in [-0.15, -0.1) is 0 Å². The van der Waals surface area contributed by atoms with Crippen molar-refractivity contribution in [2.45, 2.75) is 52.1 Å². The van der Waals surface area contributed by atoms with E-state index in [0.717, 1.165) is 46.2 Å². The number of nitrogens with one attached hydrogen (secondary N) is 1. The first-order chi connectivity index (χ1) is 14.2. The Morgan fingerprint density at radius 1 is 1.14 bits per heavy atom. The van der Waals surface area contributed by atoms with E-state index in [4.69, 9.17) is 9.51 Å². The van der Waals surface area contributed by atoms with Crippen LogP contribution in [0.4, 0.5) is 5.95 Å². The van der Waals surface area contributed by atoms with Gasteiger partial charge in [-0.25, -0.2) is 4.98 Å². The average molecular weight is 387 g/mol. The molecule has 0 unspecified atom stereocenters. The summed E-state index contributed by atoms with van der Waals surface area (Å²) in [7, 11) is 0. The molecule has 0 spiro atoms. The lowest BCUT2D eigenvalue weighted by Crippen LogP contribution is -2.18. The molecule has 1 fully saturated rings. The van der Waals surface area contributed by atoms with Gasteiger partial charge >= 0.3 is 0 Å². The van der Waals surface area contributed by atoms with Gasteiger partial charge in [-0.2, -0.15) is 4.98 Å². The molecule has 29 heavy (non-hydrogen) atoms. The Kier molecular flexibility index (Phi) is 4.54. The number of benzene rings is 1. The molecule has 6 heteroatoms. The second-order valence-electron chi connectivity index (χ2n) is 7.90. The zero-order valence-corrected chi connectivity index (χ0v) is 16.9. The molecule has 0 atom stereocenters. The summed E-state index contributed by atoms with van der Waals surface area (Å²) in [6.07, 6.45) is 6.84. The van der Waals surface area contributed by atoms with Crippen LogP contribution in [0.25, 0.3) is 22.3 Å². The molecular formula is C23H25N5O. The first-order valence-corrected chi connectivity index (χ1v) is 10.3. The van der Waals surface area contributed by atoms with Crippen molar-refractivity contribution < 1.29 is 4.52 Å². The molecule has 1 aliphatic carbocycles. The molecule has 0 amide bonds. The molecule has 1 aliphatic rings. The van der Waals surface area contributed by atoms with E-state index < -0.39 is 0 Å². The number of hydrogen-bond acceptors (Lipinski definition) is 5. The SMILES string of the molecule is Cc1noc(C)c1-c1cnc2nc(NC3CCCC3)n(Cc3ccccc3)c2c1. The van der Waals surface area contributed by atoms with Crippen LogP contribution in [0.2, 0.25) is 0 Å². The lowest BCUT2D eigenvalue weighted by molar-refractivity contribution is 0.393. The summed E-state index contributed by atoms with van der Waals surface area (Å²) >= 11 is 0. The third-order valence-corrected chi connectivity index (χ3v) is 5.80. The van der Waals surface area contributed by atoms with Crippen LogP contribution < -0.4 is 5.32 Å². The summed E-state index contributed by atoms with van der Waals surface area (Å²) in [6.45, 7) is 4.65. The fourth-order valence-corrected chi connectivity index (χ4v) is 4.33. The molecule has 0 bridgehead atoms. The third kappa shape index (κ3) is 3.39. The van der Waals surface area contributed by atoms with Crippen molar-refractivity contribution in [3.63, 3.8) is 0 Å². The molecule has 4 aromatic rings. The topological polar surface area (TPSA) is 68.8 Å². The number of aromatic nitrogens is 4. The summed E-state index contributed by atoms with van der Waals surface area (Å²) in [5.74, 6) is 1.71. The fraction of sp³-hybridized carbons (Fsp3) is 0.348. The van der Waals surface area contributed by atoms with Crippen LogP contribution in [0.15, 0.2) is 47.1 Å². The van der Waals surface area contributed by atoms with E-state index in [0.29, 0.717) is 6.04 Å². The van der Waals surface area contributed by atoms with E-state index >= 15 is 0 Å². The Bertz CT molecular complexity index is 1120. The highest BCUT2D eigenvalue weighted by Gasteiger charge is 2.20. The number of pyridine rings is 1. The Balaban J connectivity index is 1.62. The minimum atomic E-state index is 0.489. The number of aryl methyl sites for hydroxylation is 2. The second kappa shape index (κ2) is 7.35. The quantitative estimate of drug-likeness (QED) is 0.516. The van der Waals surface area contributed by atoms with Crippen LogP contribution in [0.3, 0.4) is 0 Å². The smallest absolute Gasteiger partial charge is 0.205 e. The number of fused-ring (bicyclic) bond motifs is 1. The van der Waals surface area contributed by atoms with Gasteiger partial charge in [-0.3, -0.25) is 0 Å². The van der Waals surface area contributed by atoms with Crippen molar-refractivity contribution in [3.8, 4) is 11.1 Å². The van der Waals surface area contributed by atoms with Gasteiger partial charge in [-0.05, 0) is 38.3 Å². The zero-order chi connectivity index (χ0) is 19.8. The minimum absolute atomic E-state index is 0.489. The highest BCUT2D eigenvalue weighted by atomic mass is 16.5. The normalized spacial score (nSPS) is 14.7. The predicted octanol–water partition coefficient (Wildman–Crippen LogP) is 5.11. The summed E-state index contributed by atoms with van der Waals surface area (Å²) in [5, 5.41) is 7.78. The van der Waals surface area contributed by atoms with E-state index in [1.807, 2.05) is 26.1 Å². The van der Waals surface area contributed by atoms with Gasteiger partial charge in [-0.1, -0.05) is 48.3 Å². The van der Waals surface area contributed by atoms with E-state index in [1.54, 1.807) is 0 Å². The van der Waals surface area contributed by atoms with E-state index in [1.165, 1.54) is 31.2 Å². The Morgan fingerprint density at radius 2 is 1.93 bits per heavy atom. The van der Waals surface area contributed by atoms with Gasteiger partial charge in [0.05, 0.1) is 17.8 Å². The predicted molar refractivity (Wildman–Crippen MR) is 114 cm³/mol. The minimum Gasteiger partial charge on any atom is -0.361 e. The maximum atomic E-state index is 5.37. The van der Waals surface area contributed by atoms with Crippen LogP contribution in [-0.2, 0) is 6.54 Å². The molecule has 0 radical (unpaired) electrons. The maximum Gasteiger partial charge on any atom is 0.205 e. The van der Waals surface area contributed by atoms with Crippen molar-refractivity contribution in [3.05, 3.63) is 59.6 Å². The van der Waals surface area contributed by atoms with Crippen LogP contribution >= 0.6 is 0 Å². The number of rotatable bonds is 5. The van der Waals surface area contributed by atoms with Gasteiger partial charge in [0.2, 0.25) is 5.95 Å². The van der Waals surface area contributed by atoms with E-state index in [-0.39, 0.29) is 0 Å². The molecule has 5 rings (SSSR count). The van der Waals surface area contributed by atoms with Crippen molar-refractivity contribution in [2.75, 3.05) is 5.32 Å². The van der Waals surface area contributed by atoms with Crippen molar-refractivity contribution in [1.82, 2.24) is 19.7 Å². The third-order valence-electron chi connectivity index (χ3n) is 5.80. The first kappa shape index (κ1) is 17.9. The number of imidazole rings is 1. The van der Waals surface area contributed by atoms with Gasteiger partial charge in [0.25, 0.3) is 0 Å². The van der Waals surface area contributed by atoms with Crippen LogP contribution in [0.5, 0.6) is 0 Å². The molecule has 1 saturated carbocycles. The van der Waals surface area contributed by atoms with Crippen molar-refractivity contribution in [1.29, 1.82) is 0 Å². The zero-order valence-electron chi connectivity index (χ0n) is 16.9. The second-order valence-corrected chi connectivity index (χ2v) is 7.90. The Morgan fingerprint density at radius 3 is 2.66 bits per heavy atom. The summed E-state index contributed by atoms with van der Waals surface area (Å²) in [4.78, 5) is 9.52. The molecule has 148 valence electrons. The molecule has 0 saturated heterocycles. The lowest BCUT2D eigenvalue weighted by atomic mass is 10.1. The lowest BCUT2D eigenvalue weighted by Gasteiger charge is -2.15. The summed E-state index contributed by atoms with van der Waals surface area (Å²) < 4.78 is 7.62. The molecule has 3 heterocycles. The first-order valence-electron chi connectivity index (χ1n) is 10.3. The van der Waals surface area contributed by atoms with E-state index in [9.17, 15) is 0 Å². The number of hydrogen-bond donors (Lipinski definition) is 1. The summed E-state index contributed by atoms with van der Waals surface area (Å²) in [6, 6.07) is 13.1. The van der Waals surface area contributed by atoms with Gasteiger partial charge < -0.3 is 14.4 Å². The standard InChI is InChI=1S/C23H25N5O/c1-15-21(16(2)29-27-15)18-12-20-22(24-13-18)26-23(25-19-10-6-7-11-19)28(20)14-17-8-4-3-5-9-17/h3-5,8-9,12-13,19H,6-7,10-11,14H2,1-2H3,(H,24,25,26). The number of nitrogens with zero attached hydrogens (tertiary/aromatic N) is 4. The van der Waals surface area contributed by atoms with Gasteiger partial charge in [0.15, 0.2) is 5.65 Å². The summed E-state index contributed by atoms with van der Waals surface area (Å²) in [5.41, 5.74) is 5.92. The fourth-order valence-electron chi connectivity index (χ4n) is 4.33. The molecule has 6 nitrogen and oxygen atoms in total. The largest absolute Gasteiger partial charge is 0.361 e. The highest BCUT2D eigenvalue weighted by Crippen LogP contribution is 2.31. The monoisotopic (exact) mass is 387 g/mol. The molecular weight excluding hydrogens is 362 g/mol. The highest BCUT2D eigenvalue weighted by molar-refractivity contribution is 5.82. The van der Waals surface area contributed by atoms with E-state index in [2.05, 4.69) is 50.4 Å². The molecule has 0 aliphatic heterocycles. The average Bonchev–Trinajstić information content (AvgIpc) is 3.44. The van der Waals surface area contributed by atoms with Crippen LogP contribution in [0.1, 0.15) is 42.7 Å². The van der Waals surface area contributed by atoms with Crippen molar-refractivity contribution >= 4 is 17.1 Å². The van der Waals surface area contributed by atoms with Crippen LogP contribution in [0, 0.1) is 13.8 Å². The Labute approximate surface area is 170 Å². The van der Waals surface area contributed by atoms with Crippen molar-refractivity contribution in [2.24, 2.45) is 0 Å². The van der Waals surface area contributed by atoms with Gasteiger partial charge in [0.1, 0.15) is 5.76 Å². The molecule has 1 aromatic carbocycles. The number of anilines is 1. The maximum absolute atomic E-state index is 5.37. The van der Waals surface area contributed by atoms with Gasteiger partial charge in [0, 0.05) is 23.4 Å². The molecule has 1 N–H and O–H groups in total. The molecule has 3 aromatic heterocycles.